The van der Waals surface area contributed by atoms with Crippen molar-refractivity contribution in [1.82, 2.24) is 0 Å². The Balaban J connectivity index is 1.92. The van der Waals surface area contributed by atoms with E-state index >= 15 is 0 Å². The number of nitro benzene ring substituents is 1. The smallest absolute Gasteiger partial charge is 0.269 e. The molecule has 0 fully saturated rings. The summed E-state index contributed by atoms with van der Waals surface area (Å²) in [6.45, 7) is 2.47. The van der Waals surface area contributed by atoms with Crippen LogP contribution in [0.4, 0.5) is 15.8 Å². The molecular formula is C15H15FN2O2. The second-order valence-corrected chi connectivity index (χ2v) is 4.58. The summed E-state index contributed by atoms with van der Waals surface area (Å²) in [7, 11) is 0. The van der Waals surface area contributed by atoms with Crippen LogP contribution in [0.15, 0.2) is 42.5 Å². The van der Waals surface area contributed by atoms with Crippen molar-refractivity contribution in [2.24, 2.45) is 0 Å². The molecule has 20 heavy (non-hydrogen) atoms. The highest BCUT2D eigenvalue weighted by molar-refractivity contribution is 5.47. The summed E-state index contributed by atoms with van der Waals surface area (Å²) in [5.41, 5.74) is 2.51. The second-order valence-electron chi connectivity index (χ2n) is 4.58. The summed E-state index contributed by atoms with van der Waals surface area (Å²) in [5.74, 6) is -0.278. The monoisotopic (exact) mass is 274 g/mol. The average Bonchev–Trinajstić information content (AvgIpc) is 2.43. The quantitative estimate of drug-likeness (QED) is 0.668. The van der Waals surface area contributed by atoms with E-state index in [9.17, 15) is 14.5 Å². The zero-order chi connectivity index (χ0) is 14.5. The number of anilines is 1. The van der Waals surface area contributed by atoms with E-state index in [1.165, 1.54) is 18.2 Å². The average molecular weight is 274 g/mol. The maximum Gasteiger partial charge on any atom is 0.269 e. The van der Waals surface area contributed by atoms with Crippen LogP contribution in [0.1, 0.15) is 11.1 Å². The SMILES string of the molecule is Cc1ccc(F)c(NCCc2ccc([N+](=O)[O-])cc2)c1. The van der Waals surface area contributed by atoms with Crippen LogP contribution in [0.3, 0.4) is 0 Å². The topological polar surface area (TPSA) is 55.2 Å². The second kappa shape index (κ2) is 6.14. The van der Waals surface area contributed by atoms with Gasteiger partial charge in [0.1, 0.15) is 5.82 Å². The van der Waals surface area contributed by atoms with E-state index in [1.807, 2.05) is 6.92 Å². The Morgan fingerprint density at radius 2 is 1.90 bits per heavy atom. The van der Waals surface area contributed by atoms with Crippen molar-refractivity contribution in [3.05, 3.63) is 69.5 Å². The zero-order valence-corrected chi connectivity index (χ0v) is 11.1. The Morgan fingerprint density at radius 3 is 2.55 bits per heavy atom. The lowest BCUT2D eigenvalue weighted by Gasteiger charge is -2.08. The molecule has 2 aromatic rings. The Labute approximate surface area is 116 Å². The fourth-order valence-electron chi connectivity index (χ4n) is 1.90. The highest BCUT2D eigenvalue weighted by atomic mass is 19.1. The first kappa shape index (κ1) is 14.0. The third-order valence-corrected chi connectivity index (χ3v) is 3.00. The number of hydrogen-bond acceptors (Lipinski definition) is 3. The molecule has 1 N–H and O–H groups in total. The molecule has 2 aromatic carbocycles. The number of rotatable bonds is 5. The van der Waals surface area contributed by atoms with Crippen LogP contribution >= 0.6 is 0 Å². The van der Waals surface area contributed by atoms with E-state index in [0.717, 1.165) is 11.1 Å². The molecule has 0 aromatic heterocycles. The van der Waals surface area contributed by atoms with Crippen molar-refractivity contribution in [3.63, 3.8) is 0 Å². The van der Waals surface area contributed by atoms with Gasteiger partial charge in [-0.2, -0.15) is 0 Å². The van der Waals surface area contributed by atoms with Crippen LogP contribution in [0.5, 0.6) is 0 Å². The molecule has 0 aliphatic heterocycles. The van der Waals surface area contributed by atoms with E-state index in [-0.39, 0.29) is 11.5 Å². The van der Waals surface area contributed by atoms with Gasteiger partial charge in [0.25, 0.3) is 5.69 Å². The maximum absolute atomic E-state index is 13.5. The predicted octanol–water partition coefficient (Wildman–Crippen LogP) is 3.70. The van der Waals surface area contributed by atoms with E-state index in [1.54, 1.807) is 24.3 Å². The molecule has 5 heteroatoms. The Morgan fingerprint density at radius 1 is 1.20 bits per heavy atom. The molecular weight excluding hydrogens is 259 g/mol. The van der Waals surface area contributed by atoms with Crippen LogP contribution in [-0.2, 0) is 6.42 Å². The van der Waals surface area contributed by atoms with Gasteiger partial charge >= 0.3 is 0 Å². The third kappa shape index (κ3) is 3.54. The highest BCUT2D eigenvalue weighted by Gasteiger charge is 2.04. The van der Waals surface area contributed by atoms with Crippen molar-refractivity contribution < 1.29 is 9.31 Å². The number of non-ortho nitro benzene ring substituents is 1. The minimum atomic E-state index is -0.426. The first-order chi connectivity index (χ1) is 9.56. The molecule has 0 amide bonds. The first-order valence-electron chi connectivity index (χ1n) is 6.29. The molecule has 0 spiro atoms. The molecule has 2 rings (SSSR count). The van der Waals surface area contributed by atoms with Gasteiger partial charge < -0.3 is 5.32 Å². The number of aryl methyl sites for hydroxylation is 1. The standard InChI is InChI=1S/C15H15FN2O2/c1-11-2-7-14(16)15(10-11)17-9-8-12-3-5-13(6-4-12)18(19)20/h2-7,10,17H,8-9H2,1H3. The van der Waals surface area contributed by atoms with E-state index in [2.05, 4.69) is 5.32 Å². The summed E-state index contributed by atoms with van der Waals surface area (Å²) in [6.07, 6.45) is 0.672. The van der Waals surface area contributed by atoms with Crippen molar-refractivity contribution in [2.75, 3.05) is 11.9 Å². The molecule has 0 unspecified atom stereocenters. The number of nitrogens with zero attached hydrogens (tertiary/aromatic N) is 1. The maximum atomic E-state index is 13.5. The Kier molecular flexibility index (Phi) is 4.30. The van der Waals surface area contributed by atoms with Gasteiger partial charge in [-0.25, -0.2) is 4.39 Å². The van der Waals surface area contributed by atoms with Gasteiger partial charge in [0.15, 0.2) is 0 Å². The number of hydrogen-bond donors (Lipinski definition) is 1. The van der Waals surface area contributed by atoms with Crippen molar-refractivity contribution >= 4 is 11.4 Å². The Bertz CT molecular complexity index is 612. The molecule has 0 saturated heterocycles. The minimum absolute atomic E-state index is 0.0754. The molecule has 0 atom stereocenters. The van der Waals surface area contributed by atoms with Gasteiger partial charge in [0.2, 0.25) is 0 Å². The summed E-state index contributed by atoms with van der Waals surface area (Å²) in [4.78, 5) is 10.1. The molecule has 0 saturated carbocycles. The van der Waals surface area contributed by atoms with Crippen molar-refractivity contribution in [3.8, 4) is 0 Å². The first-order valence-corrected chi connectivity index (χ1v) is 6.29. The fourth-order valence-corrected chi connectivity index (χ4v) is 1.90. The predicted molar refractivity (Wildman–Crippen MR) is 76.4 cm³/mol. The van der Waals surface area contributed by atoms with Crippen LogP contribution in [0.2, 0.25) is 0 Å². The number of benzene rings is 2. The molecule has 0 radical (unpaired) electrons. The van der Waals surface area contributed by atoms with Crippen LogP contribution in [0, 0.1) is 22.9 Å². The van der Waals surface area contributed by atoms with E-state index in [4.69, 9.17) is 0 Å². The van der Waals surface area contributed by atoms with Crippen LogP contribution in [0.25, 0.3) is 0 Å². The summed E-state index contributed by atoms with van der Waals surface area (Å²) >= 11 is 0. The normalized spacial score (nSPS) is 10.3. The third-order valence-electron chi connectivity index (χ3n) is 3.00. The molecule has 0 aliphatic carbocycles. The molecule has 4 nitrogen and oxygen atoms in total. The van der Waals surface area contributed by atoms with Gasteiger partial charge in [-0.05, 0) is 36.6 Å². The summed E-state index contributed by atoms with van der Waals surface area (Å²) in [5, 5.41) is 13.6. The largest absolute Gasteiger partial charge is 0.382 e. The minimum Gasteiger partial charge on any atom is -0.382 e. The lowest BCUT2D eigenvalue weighted by atomic mass is 10.1. The molecule has 0 aliphatic rings. The van der Waals surface area contributed by atoms with Gasteiger partial charge in [-0.1, -0.05) is 18.2 Å². The summed E-state index contributed by atoms with van der Waals surface area (Å²) < 4.78 is 13.5. The van der Waals surface area contributed by atoms with E-state index < -0.39 is 4.92 Å². The van der Waals surface area contributed by atoms with Gasteiger partial charge in [0, 0.05) is 18.7 Å². The van der Waals surface area contributed by atoms with Crippen molar-refractivity contribution in [2.45, 2.75) is 13.3 Å². The fraction of sp³-hybridized carbons (Fsp3) is 0.200. The number of nitro groups is 1. The zero-order valence-electron chi connectivity index (χ0n) is 11.1. The molecule has 104 valence electrons. The highest BCUT2D eigenvalue weighted by Crippen LogP contribution is 2.16. The van der Waals surface area contributed by atoms with Crippen LogP contribution < -0.4 is 5.32 Å². The number of halogens is 1. The lowest BCUT2D eigenvalue weighted by molar-refractivity contribution is -0.384. The molecule has 0 bridgehead atoms. The van der Waals surface area contributed by atoms with Gasteiger partial charge in [0.05, 0.1) is 10.6 Å². The van der Waals surface area contributed by atoms with Crippen molar-refractivity contribution in [1.29, 1.82) is 0 Å². The van der Waals surface area contributed by atoms with Gasteiger partial charge in [-0.3, -0.25) is 10.1 Å². The molecule has 0 heterocycles. The van der Waals surface area contributed by atoms with Crippen LogP contribution in [-0.4, -0.2) is 11.5 Å². The Hall–Kier alpha value is -2.43. The lowest BCUT2D eigenvalue weighted by Crippen LogP contribution is -2.06. The number of nitrogens with one attached hydrogen (secondary N) is 1. The van der Waals surface area contributed by atoms with E-state index in [0.29, 0.717) is 18.7 Å². The summed E-state index contributed by atoms with van der Waals surface area (Å²) in [6, 6.07) is 11.3. The van der Waals surface area contributed by atoms with Gasteiger partial charge in [-0.15, -0.1) is 0 Å².